The maximum Gasteiger partial charge on any atom is 0.238 e. The summed E-state index contributed by atoms with van der Waals surface area (Å²) < 4.78 is 0. The number of benzene rings is 1. The molecule has 29 heavy (non-hydrogen) atoms. The third-order valence-corrected chi connectivity index (χ3v) is 7.11. The summed E-state index contributed by atoms with van der Waals surface area (Å²) in [6, 6.07) is 7.76. The Bertz CT molecular complexity index is 884. The Morgan fingerprint density at radius 1 is 0.966 bits per heavy atom. The minimum Gasteiger partial charge on any atom is -0.295 e. The minimum atomic E-state index is -0.345. The molecule has 154 valence electrons. The third kappa shape index (κ3) is 3.37. The molecule has 4 nitrogen and oxygen atoms in total. The largest absolute Gasteiger partial charge is 0.295 e. The van der Waals surface area contributed by atoms with Gasteiger partial charge >= 0.3 is 0 Å². The van der Waals surface area contributed by atoms with Crippen LogP contribution in [0.25, 0.3) is 0 Å². The number of hydrogen-bond acceptors (Lipinski definition) is 3. The molecule has 4 rings (SSSR count). The number of para-hydroxylation sites is 1. The Hall–Kier alpha value is -2.23. The van der Waals surface area contributed by atoms with Gasteiger partial charge in [0.2, 0.25) is 11.8 Å². The first-order valence-corrected chi connectivity index (χ1v) is 10.9. The quantitative estimate of drug-likeness (QED) is 0.671. The van der Waals surface area contributed by atoms with E-state index in [0.29, 0.717) is 6.42 Å². The molecule has 1 saturated carbocycles. The molecule has 0 spiro atoms. The number of imide groups is 1. The second kappa shape index (κ2) is 7.23. The topological polar surface area (TPSA) is 54.5 Å². The summed E-state index contributed by atoms with van der Waals surface area (Å²) >= 11 is 0. The summed E-state index contributed by atoms with van der Waals surface area (Å²) in [7, 11) is 0. The van der Waals surface area contributed by atoms with Crippen molar-refractivity contribution in [3.63, 3.8) is 0 Å². The van der Waals surface area contributed by atoms with E-state index in [0.717, 1.165) is 55.3 Å². The second-order valence-corrected chi connectivity index (χ2v) is 9.94. The molecular weight excluding hydrogens is 362 g/mol. The van der Waals surface area contributed by atoms with Crippen molar-refractivity contribution in [3.8, 4) is 0 Å². The minimum absolute atomic E-state index is 0.0764. The maximum atomic E-state index is 13.7. The monoisotopic (exact) mass is 393 g/mol. The van der Waals surface area contributed by atoms with Crippen LogP contribution in [0.5, 0.6) is 0 Å². The average Bonchev–Trinajstić information content (AvgIpc) is 3.27. The van der Waals surface area contributed by atoms with E-state index in [2.05, 4.69) is 20.8 Å². The van der Waals surface area contributed by atoms with Crippen LogP contribution in [0.15, 0.2) is 35.9 Å². The highest BCUT2D eigenvalue weighted by Gasteiger charge is 2.54. The van der Waals surface area contributed by atoms with Gasteiger partial charge in [-0.05, 0) is 48.8 Å². The van der Waals surface area contributed by atoms with Gasteiger partial charge in [0.1, 0.15) is 0 Å². The van der Waals surface area contributed by atoms with Crippen LogP contribution in [0.2, 0.25) is 0 Å². The van der Waals surface area contributed by atoms with Crippen LogP contribution >= 0.6 is 0 Å². The van der Waals surface area contributed by atoms with Crippen molar-refractivity contribution < 1.29 is 14.4 Å². The Kier molecular flexibility index (Phi) is 5.00. The van der Waals surface area contributed by atoms with Crippen LogP contribution in [-0.4, -0.2) is 17.6 Å². The molecule has 1 saturated heterocycles. The smallest absolute Gasteiger partial charge is 0.238 e. The molecule has 2 fully saturated rings. The van der Waals surface area contributed by atoms with Crippen LogP contribution in [0.4, 0.5) is 5.69 Å². The first-order chi connectivity index (χ1) is 13.7. The van der Waals surface area contributed by atoms with Crippen LogP contribution in [0, 0.1) is 11.3 Å². The lowest BCUT2D eigenvalue weighted by Crippen LogP contribution is -2.39. The van der Waals surface area contributed by atoms with Gasteiger partial charge in [-0.3, -0.25) is 14.4 Å². The highest BCUT2D eigenvalue weighted by Crippen LogP contribution is 2.55. The molecule has 4 heteroatoms. The fraction of sp³-hybridized carbons (Fsp3) is 0.560. The predicted octanol–water partition coefficient (Wildman–Crippen LogP) is 5.10. The number of anilines is 1. The molecule has 2 aliphatic carbocycles. The number of rotatable bonds is 3. The van der Waals surface area contributed by atoms with E-state index < -0.39 is 0 Å². The van der Waals surface area contributed by atoms with Gasteiger partial charge in [0.15, 0.2) is 5.78 Å². The molecule has 3 aliphatic rings. The first kappa shape index (κ1) is 20.1. The fourth-order valence-corrected chi connectivity index (χ4v) is 5.70. The van der Waals surface area contributed by atoms with Gasteiger partial charge in [-0.25, -0.2) is 4.90 Å². The van der Waals surface area contributed by atoms with E-state index in [1.54, 1.807) is 6.08 Å². The molecule has 0 bridgehead atoms. The van der Waals surface area contributed by atoms with Crippen molar-refractivity contribution in [2.24, 2.45) is 11.3 Å². The van der Waals surface area contributed by atoms with E-state index in [9.17, 15) is 14.4 Å². The van der Waals surface area contributed by atoms with Crippen molar-refractivity contribution in [2.45, 2.75) is 77.6 Å². The summed E-state index contributed by atoms with van der Waals surface area (Å²) in [5, 5.41) is 0. The molecule has 1 atom stereocenters. The molecule has 0 aromatic heterocycles. The van der Waals surface area contributed by atoms with E-state index >= 15 is 0 Å². The van der Waals surface area contributed by atoms with E-state index in [1.807, 2.05) is 24.3 Å². The second-order valence-electron chi connectivity index (χ2n) is 9.94. The fourth-order valence-electron chi connectivity index (χ4n) is 5.70. The average molecular weight is 394 g/mol. The van der Waals surface area contributed by atoms with Gasteiger partial charge in [-0.15, -0.1) is 0 Å². The van der Waals surface area contributed by atoms with E-state index in [-0.39, 0.29) is 40.8 Å². The molecule has 2 amide bonds. The SMILES string of the molecule is CC(C)(C)c1ccccc1N1C(=O)C[C@H](C2(C3=CC(=O)CCC3)CCCC2)C1=O. The number of allylic oxidation sites excluding steroid dienone is 2. The zero-order valence-electron chi connectivity index (χ0n) is 17.8. The molecular formula is C25H31NO3. The van der Waals surface area contributed by atoms with Gasteiger partial charge in [-0.1, -0.05) is 57.4 Å². The highest BCUT2D eigenvalue weighted by molar-refractivity contribution is 6.21. The summed E-state index contributed by atoms with van der Waals surface area (Å²) in [5.74, 6) is -0.356. The Balaban J connectivity index is 1.74. The van der Waals surface area contributed by atoms with Crippen molar-refractivity contribution in [1.82, 2.24) is 0 Å². The number of nitrogens with zero attached hydrogens (tertiary/aromatic N) is 1. The van der Waals surface area contributed by atoms with Crippen LogP contribution in [0.3, 0.4) is 0 Å². The summed E-state index contributed by atoms with van der Waals surface area (Å²) in [5.41, 5.74) is 2.38. The van der Waals surface area contributed by atoms with Gasteiger partial charge < -0.3 is 0 Å². The maximum absolute atomic E-state index is 13.7. The summed E-state index contributed by atoms with van der Waals surface area (Å²) in [4.78, 5) is 40.4. The third-order valence-electron chi connectivity index (χ3n) is 7.11. The van der Waals surface area contributed by atoms with E-state index in [1.165, 1.54) is 4.90 Å². The molecule has 1 aromatic rings. The molecule has 0 radical (unpaired) electrons. The van der Waals surface area contributed by atoms with Crippen molar-refractivity contribution in [1.29, 1.82) is 0 Å². The zero-order chi connectivity index (χ0) is 20.8. The number of ketones is 1. The van der Waals surface area contributed by atoms with E-state index in [4.69, 9.17) is 0 Å². The number of carbonyl (C=O) groups is 3. The van der Waals surface area contributed by atoms with Gasteiger partial charge in [0.25, 0.3) is 0 Å². The van der Waals surface area contributed by atoms with Crippen LogP contribution < -0.4 is 4.90 Å². The predicted molar refractivity (Wildman–Crippen MR) is 114 cm³/mol. The number of amides is 2. The summed E-state index contributed by atoms with van der Waals surface area (Å²) in [6.45, 7) is 6.31. The molecule has 1 aliphatic heterocycles. The lowest BCUT2D eigenvalue weighted by molar-refractivity contribution is -0.124. The normalized spacial score (nSPS) is 24.9. The Morgan fingerprint density at radius 2 is 1.66 bits per heavy atom. The molecule has 1 heterocycles. The van der Waals surface area contributed by atoms with Crippen LogP contribution in [0.1, 0.15) is 77.7 Å². The van der Waals surface area contributed by atoms with Crippen molar-refractivity contribution >= 4 is 23.3 Å². The Morgan fingerprint density at radius 3 is 2.31 bits per heavy atom. The molecule has 1 aromatic carbocycles. The number of carbonyl (C=O) groups excluding carboxylic acids is 3. The lowest BCUT2D eigenvalue weighted by atomic mass is 9.65. The van der Waals surface area contributed by atoms with Gasteiger partial charge in [0, 0.05) is 18.3 Å². The summed E-state index contributed by atoms with van der Waals surface area (Å²) in [6.07, 6.45) is 8.32. The van der Waals surface area contributed by atoms with Gasteiger partial charge in [0.05, 0.1) is 11.6 Å². The van der Waals surface area contributed by atoms with Crippen molar-refractivity contribution in [2.75, 3.05) is 4.90 Å². The van der Waals surface area contributed by atoms with Crippen molar-refractivity contribution in [3.05, 3.63) is 41.5 Å². The Labute approximate surface area is 173 Å². The van der Waals surface area contributed by atoms with Gasteiger partial charge in [-0.2, -0.15) is 0 Å². The van der Waals surface area contributed by atoms with Crippen LogP contribution in [-0.2, 0) is 19.8 Å². The lowest BCUT2D eigenvalue weighted by Gasteiger charge is -2.38. The first-order valence-electron chi connectivity index (χ1n) is 10.9. The number of hydrogen-bond donors (Lipinski definition) is 0. The molecule has 0 unspecified atom stereocenters. The molecule has 0 N–H and O–H groups in total. The zero-order valence-corrected chi connectivity index (χ0v) is 17.8. The standard InChI is InChI=1S/C25H31NO3/c1-24(2,3)19-11-4-5-12-21(19)26-22(28)16-20(23(26)29)25(13-6-7-14-25)17-9-8-10-18(27)15-17/h4-5,11-12,15,20H,6-10,13-14,16H2,1-3H3/t20-/m0/s1. The highest BCUT2D eigenvalue weighted by atomic mass is 16.2.